The third-order valence-electron chi connectivity index (χ3n) is 4.39. The monoisotopic (exact) mass is 331 g/mol. The van der Waals surface area contributed by atoms with Gasteiger partial charge in [0.05, 0.1) is 0 Å². The van der Waals surface area contributed by atoms with E-state index in [2.05, 4.69) is 24.3 Å². The first kappa shape index (κ1) is 15.9. The first-order chi connectivity index (χ1) is 10.6. The number of hydrogen-bond acceptors (Lipinski definition) is 1. The van der Waals surface area contributed by atoms with E-state index in [0.717, 1.165) is 32.5 Å². The Balaban J connectivity index is 0.00000156. The van der Waals surface area contributed by atoms with Gasteiger partial charge in [-0.3, -0.25) is 0 Å². The Kier molecular flexibility index (Phi) is 4.09. The maximum Gasteiger partial charge on any atom is 0.240 e. The fraction of sp³-hybridized carbons (Fsp3) is 0.158. The molecule has 2 N–H and O–H groups in total. The maximum absolute atomic E-state index is 12.7. The molecule has 0 heterocycles. The van der Waals surface area contributed by atoms with Crippen LogP contribution in [0.2, 0.25) is 0 Å². The first-order valence-corrected chi connectivity index (χ1v) is 7.35. The van der Waals surface area contributed by atoms with Crippen LogP contribution in [-0.4, -0.2) is 6.43 Å². The lowest BCUT2D eigenvalue weighted by Gasteiger charge is -2.17. The number of nitrogens with two attached hydrogens (primary N) is 1. The summed E-state index contributed by atoms with van der Waals surface area (Å²) in [5, 5.41) is 6.73. The molecule has 0 saturated heterocycles. The molecule has 0 aromatic heterocycles. The number of halogens is 3. The molecule has 4 aromatic rings. The molecule has 0 spiro atoms. The smallest absolute Gasteiger partial charge is 0.240 e. The second-order valence-corrected chi connectivity index (χ2v) is 5.74. The van der Waals surface area contributed by atoms with Crippen LogP contribution in [-0.2, 0) is 0 Å². The van der Waals surface area contributed by atoms with E-state index in [1.165, 1.54) is 5.39 Å². The van der Waals surface area contributed by atoms with Crippen molar-refractivity contribution in [2.75, 3.05) is 0 Å². The fourth-order valence-corrected chi connectivity index (χ4v) is 3.40. The van der Waals surface area contributed by atoms with E-state index in [1.807, 2.05) is 30.3 Å². The van der Waals surface area contributed by atoms with Crippen molar-refractivity contribution >= 4 is 44.7 Å². The van der Waals surface area contributed by atoms with Gasteiger partial charge in [-0.05, 0) is 37.9 Å². The molecule has 0 aliphatic heterocycles. The lowest BCUT2D eigenvalue weighted by molar-refractivity contribution is 0.128. The van der Waals surface area contributed by atoms with Gasteiger partial charge in [-0.2, -0.15) is 0 Å². The summed E-state index contributed by atoms with van der Waals surface area (Å²) in [6.45, 7) is 0. The van der Waals surface area contributed by atoms with E-state index >= 15 is 0 Å². The van der Waals surface area contributed by atoms with Crippen molar-refractivity contribution in [3.05, 3.63) is 60.2 Å². The highest BCUT2D eigenvalue weighted by Crippen LogP contribution is 2.37. The zero-order chi connectivity index (χ0) is 15.3. The zero-order valence-corrected chi connectivity index (χ0v) is 13.1. The van der Waals surface area contributed by atoms with Gasteiger partial charge in [0.2, 0.25) is 6.43 Å². The minimum atomic E-state index is -2.39. The van der Waals surface area contributed by atoms with Crippen LogP contribution < -0.4 is 5.73 Å². The van der Waals surface area contributed by atoms with Crippen LogP contribution in [0.3, 0.4) is 0 Å². The molecule has 0 aliphatic carbocycles. The van der Waals surface area contributed by atoms with Crippen LogP contribution in [0.15, 0.2) is 54.6 Å². The predicted molar refractivity (Wildman–Crippen MR) is 94.9 cm³/mol. The Labute approximate surface area is 138 Å². The average Bonchev–Trinajstić information content (AvgIpc) is 2.51. The summed E-state index contributed by atoms with van der Waals surface area (Å²) >= 11 is 0. The lowest BCUT2D eigenvalue weighted by Crippen LogP contribution is -2.14. The van der Waals surface area contributed by atoms with Crippen molar-refractivity contribution in [1.82, 2.24) is 0 Å². The predicted octanol–water partition coefficient (Wildman–Crippen LogP) is 5.66. The Hall–Kier alpha value is -1.97. The number of benzene rings is 4. The standard InChI is InChI=1S/C19H15F2N.ClH/c20-17(21)10-16(22)14-8-6-13-5-4-11-2-1-3-12-7-9-15(14)19(13)18(11)12;/h1-9,16-17H,10,22H2;1H/t16-;/m1./s1. The molecule has 23 heavy (non-hydrogen) atoms. The summed E-state index contributed by atoms with van der Waals surface area (Å²) in [7, 11) is 0. The zero-order valence-electron chi connectivity index (χ0n) is 12.3. The third-order valence-corrected chi connectivity index (χ3v) is 4.39. The van der Waals surface area contributed by atoms with Crippen molar-refractivity contribution < 1.29 is 8.78 Å². The molecule has 0 amide bonds. The fourth-order valence-electron chi connectivity index (χ4n) is 3.40. The second-order valence-electron chi connectivity index (χ2n) is 5.74. The average molecular weight is 332 g/mol. The van der Waals surface area contributed by atoms with Gasteiger partial charge in [0, 0.05) is 12.5 Å². The van der Waals surface area contributed by atoms with Crippen molar-refractivity contribution in [3.8, 4) is 0 Å². The topological polar surface area (TPSA) is 26.0 Å². The molecule has 1 nitrogen and oxygen atoms in total. The van der Waals surface area contributed by atoms with Crippen molar-refractivity contribution in [1.29, 1.82) is 0 Å². The molecule has 4 aromatic carbocycles. The van der Waals surface area contributed by atoms with Gasteiger partial charge in [0.15, 0.2) is 0 Å². The Morgan fingerprint density at radius 1 is 0.783 bits per heavy atom. The van der Waals surface area contributed by atoms with Gasteiger partial charge in [-0.15, -0.1) is 12.4 Å². The van der Waals surface area contributed by atoms with Crippen LogP contribution in [0.1, 0.15) is 18.0 Å². The van der Waals surface area contributed by atoms with Gasteiger partial charge >= 0.3 is 0 Å². The lowest BCUT2D eigenvalue weighted by atomic mass is 9.89. The summed E-state index contributed by atoms with van der Waals surface area (Å²) in [5.41, 5.74) is 6.81. The molecular formula is C19H16ClF2N. The van der Waals surface area contributed by atoms with Crippen LogP contribution in [0.25, 0.3) is 32.3 Å². The molecule has 0 fully saturated rings. The Morgan fingerprint density at radius 3 is 2.00 bits per heavy atom. The number of alkyl halides is 2. The Morgan fingerprint density at radius 2 is 1.35 bits per heavy atom. The van der Waals surface area contributed by atoms with E-state index in [9.17, 15) is 8.78 Å². The number of hydrogen-bond donors (Lipinski definition) is 1. The number of rotatable bonds is 3. The summed E-state index contributed by atoms with van der Waals surface area (Å²) in [6.07, 6.45) is -2.71. The van der Waals surface area contributed by atoms with Crippen molar-refractivity contribution in [2.24, 2.45) is 5.73 Å². The first-order valence-electron chi connectivity index (χ1n) is 7.35. The van der Waals surface area contributed by atoms with E-state index in [0.29, 0.717) is 0 Å². The van der Waals surface area contributed by atoms with Gasteiger partial charge in [0.1, 0.15) is 0 Å². The quantitative estimate of drug-likeness (QED) is 0.481. The minimum Gasteiger partial charge on any atom is -0.324 e. The molecule has 0 saturated carbocycles. The van der Waals surface area contributed by atoms with Crippen LogP contribution >= 0.6 is 12.4 Å². The Bertz CT molecular complexity index is 952. The highest BCUT2D eigenvalue weighted by molar-refractivity contribution is 6.23. The minimum absolute atomic E-state index is 0. The SMILES string of the molecule is Cl.N[C@H](CC(F)F)c1ccc2ccc3cccc4ccc1c2c34. The molecule has 118 valence electrons. The summed E-state index contributed by atoms with van der Waals surface area (Å²) in [6, 6.07) is 17.6. The van der Waals surface area contributed by atoms with Crippen LogP contribution in [0, 0.1) is 0 Å². The molecule has 0 bridgehead atoms. The van der Waals surface area contributed by atoms with Crippen molar-refractivity contribution in [3.63, 3.8) is 0 Å². The van der Waals surface area contributed by atoms with E-state index in [-0.39, 0.29) is 18.8 Å². The van der Waals surface area contributed by atoms with Crippen molar-refractivity contribution in [2.45, 2.75) is 18.9 Å². The normalized spacial score (nSPS) is 13.0. The van der Waals surface area contributed by atoms with E-state index in [1.54, 1.807) is 0 Å². The van der Waals surface area contributed by atoms with Gasteiger partial charge in [-0.25, -0.2) is 8.78 Å². The summed E-state index contributed by atoms with van der Waals surface area (Å²) in [4.78, 5) is 0. The second kappa shape index (κ2) is 5.91. The highest BCUT2D eigenvalue weighted by Gasteiger charge is 2.17. The van der Waals surface area contributed by atoms with Crippen LogP contribution in [0.4, 0.5) is 8.78 Å². The van der Waals surface area contributed by atoms with Gasteiger partial charge < -0.3 is 5.73 Å². The maximum atomic E-state index is 12.7. The molecule has 4 rings (SSSR count). The highest BCUT2D eigenvalue weighted by atomic mass is 35.5. The molecular weight excluding hydrogens is 316 g/mol. The van der Waals surface area contributed by atoms with E-state index < -0.39 is 12.5 Å². The summed E-state index contributed by atoms with van der Waals surface area (Å²) < 4.78 is 25.4. The largest absolute Gasteiger partial charge is 0.324 e. The van der Waals surface area contributed by atoms with Crippen LogP contribution in [0.5, 0.6) is 0 Å². The molecule has 1 atom stereocenters. The molecule has 4 heteroatoms. The van der Waals surface area contributed by atoms with Gasteiger partial charge in [0.25, 0.3) is 0 Å². The summed E-state index contributed by atoms with van der Waals surface area (Å²) in [5.74, 6) is 0. The molecule has 0 aliphatic rings. The van der Waals surface area contributed by atoms with Gasteiger partial charge in [-0.1, -0.05) is 54.6 Å². The molecule has 0 unspecified atom stereocenters. The van der Waals surface area contributed by atoms with E-state index in [4.69, 9.17) is 5.73 Å². The molecule has 0 radical (unpaired) electrons. The third kappa shape index (κ3) is 2.50.